The molecule has 1 aliphatic rings. The summed E-state index contributed by atoms with van der Waals surface area (Å²) in [6.45, 7) is 0.740. The van der Waals surface area contributed by atoms with Crippen molar-refractivity contribution < 1.29 is 9.66 Å². The Bertz CT molecular complexity index is 398. The van der Waals surface area contributed by atoms with Crippen LogP contribution in [0.5, 0.6) is 0 Å². The number of allylic oxidation sites excluding steroid dienone is 1. The first-order valence-corrected chi connectivity index (χ1v) is 4.69. The molecule has 0 saturated heterocycles. The highest BCUT2D eigenvalue weighted by Gasteiger charge is 2.11. The zero-order valence-electron chi connectivity index (χ0n) is 8.05. The first-order valence-electron chi connectivity index (χ1n) is 4.69. The van der Waals surface area contributed by atoms with Crippen LogP contribution in [0.4, 0.5) is 5.82 Å². The number of pyridine rings is 1. The topological polar surface area (TPSA) is 65.3 Å². The third kappa shape index (κ3) is 2.12. The number of hydrogen-bond donors (Lipinski definition) is 0. The van der Waals surface area contributed by atoms with Crippen LogP contribution in [-0.2, 0) is 4.74 Å². The Labute approximate surface area is 86.5 Å². The van der Waals surface area contributed by atoms with Gasteiger partial charge in [0.15, 0.2) is 0 Å². The number of hydrogen-bond acceptors (Lipinski definition) is 4. The van der Waals surface area contributed by atoms with Gasteiger partial charge in [-0.3, -0.25) is 0 Å². The van der Waals surface area contributed by atoms with E-state index >= 15 is 0 Å². The van der Waals surface area contributed by atoms with Crippen molar-refractivity contribution in [2.75, 3.05) is 6.61 Å². The van der Waals surface area contributed by atoms with Gasteiger partial charge in [-0.15, -0.1) is 0 Å². The summed E-state index contributed by atoms with van der Waals surface area (Å²) in [5.74, 6) is -0.129. The van der Waals surface area contributed by atoms with Gasteiger partial charge in [0.25, 0.3) is 0 Å². The van der Waals surface area contributed by atoms with Gasteiger partial charge in [-0.1, -0.05) is 0 Å². The Morgan fingerprint density at radius 2 is 2.33 bits per heavy atom. The molecule has 5 nitrogen and oxygen atoms in total. The monoisotopic (exact) mass is 206 g/mol. The molecular formula is C10H10N2O3. The SMILES string of the molecule is O=[N+]([O-])c1ccc(C2=COCCC2)cn1. The fourth-order valence-corrected chi connectivity index (χ4v) is 1.46. The quantitative estimate of drug-likeness (QED) is 0.549. The molecule has 1 aromatic heterocycles. The molecular weight excluding hydrogens is 196 g/mol. The standard InChI is InChI=1S/C10H10N2O3/c13-12(14)10-4-3-8(6-11-10)9-2-1-5-15-7-9/h3-4,6-7H,1-2,5H2. The van der Waals surface area contributed by atoms with E-state index < -0.39 is 4.92 Å². The minimum absolute atomic E-state index is 0.129. The van der Waals surface area contributed by atoms with E-state index in [4.69, 9.17) is 4.74 Å². The third-order valence-corrected chi connectivity index (χ3v) is 2.24. The maximum atomic E-state index is 10.4. The van der Waals surface area contributed by atoms with Gasteiger partial charge < -0.3 is 14.9 Å². The third-order valence-electron chi connectivity index (χ3n) is 2.24. The van der Waals surface area contributed by atoms with E-state index in [0.29, 0.717) is 0 Å². The van der Waals surface area contributed by atoms with Crippen LogP contribution in [-0.4, -0.2) is 16.5 Å². The van der Waals surface area contributed by atoms with E-state index in [9.17, 15) is 10.1 Å². The van der Waals surface area contributed by atoms with E-state index in [0.717, 1.165) is 30.6 Å². The summed E-state index contributed by atoms with van der Waals surface area (Å²) < 4.78 is 5.19. The molecule has 1 aromatic rings. The van der Waals surface area contributed by atoms with Crippen molar-refractivity contribution >= 4 is 11.4 Å². The summed E-state index contributed by atoms with van der Waals surface area (Å²) in [6, 6.07) is 3.11. The fourth-order valence-electron chi connectivity index (χ4n) is 1.46. The van der Waals surface area contributed by atoms with Gasteiger partial charge in [-0.05, 0) is 34.4 Å². The summed E-state index contributed by atoms with van der Waals surface area (Å²) in [6.07, 6.45) is 5.12. The molecule has 0 amide bonds. The summed E-state index contributed by atoms with van der Waals surface area (Å²) in [5.41, 5.74) is 1.93. The molecule has 0 N–H and O–H groups in total. The van der Waals surface area contributed by atoms with E-state index in [1.807, 2.05) is 0 Å². The van der Waals surface area contributed by atoms with Crippen molar-refractivity contribution in [2.45, 2.75) is 12.8 Å². The molecule has 0 saturated carbocycles. The lowest BCUT2D eigenvalue weighted by Crippen LogP contribution is -1.99. The average molecular weight is 206 g/mol. The maximum absolute atomic E-state index is 10.4. The maximum Gasteiger partial charge on any atom is 0.363 e. The summed E-state index contributed by atoms with van der Waals surface area (Å²) >= 11 is 0. The molecule has 0 bridgehead atoms. The molecule has 0 fully saturated rings. The van der Waals surface area contributed by atoms with Gasteiger partial charge in [-0.2, -0.15) is 0 Å². The zero-order chi connectivity index (χ0) is 10.7. The van der Waals surface area contributed by atoms with Crippen molar-refractivity contribution in [1.29, 1.82) is 0 Å². The van der Waals surface area contributed by atoms with Crippen LogP contribution in [0.1, 0.15) is 18.4 Å². The van der Waals surface area contributed by atoms with Gasteiger partial charge in [0, 0.05) is 11.6 Å². The van der Waals surface area contributed by atoms with Gasteiger partial charge in [0.05, 0.1) is 12.9 Å². The van der Waals surface area contributed by atoms with Crippen LogP contribution in [0, 0.1) is 10.1 Å². The Morgan fingerprint density at radius 3 is 2.87 bits per heavy atom. The largest absolute Gasteiger partial charge is 0.501 e. The molecule has 5 heteroatoms. The Balaban J connectivity index is 2.23. The van der Waals surface area contributed by atoms with Crippen LogP contribution >= 0.6 is 0 Å². The number of rotatable bonds is 2. The normalized spacial score (nSPS) is 15.3. The van der Waals surface area contributed by atoms with Crippen molar-refractivity contribution in [3.63, 3.8) is 0 Å². The number of nitro groups is 1. The summed E-state index contributed by atoms with van der Waals surface area (Å²) in [5, 5.41) is 10.4. The van der Waals surface area contributed by atoms with Gasteiger partial charge in [-0.25, -0.2) is 0 Å². The summed E-state index contributed by atoms with van der Waals surface area (Å²) in [4.78, 5) is 13.6. The molecule has 0 aliphatic carbocycles. The van der Waals surface area contributed by atoms with Crippen LogP contribution in [0.25, 0.3) is 5.57 Å². The number of nitrogens with zero attached hydrogens (tertiary/aromatic N) is 2. The highest BCUT2D eigenvalue weighted by Crippen LogP contribution is 2.23. The Hall–Kier alpha value is -1.91. The molecule has 0 aromatic carbocycles. The molecule has 0 radical (unpaired) electrons. The molecule has 78 valence electrons. The highest BCUT2D eigenvalue weighted by atomic mass is 16.6. The lowest BCUT2D eigenvalue weighted by Gasteiger charge is -2.12. The highest BCUT2D eigenvalue weighted by molar-refractivity contribution is 5.64. The van der Waals surface area contributed by atoms with Gasteiger partial charge >= 0.3 is 5.82 Å². The number of aromatic nitrogens is 1. The molecule has 0 spiro atoms. The second kappa shape index (κ2) is 4.08. The van der Waals surface area contributed by atoms with Crippen LogP contribution in [0.2, 0.25) is 0 Å². The molecule has 1 aliphatic heterocycles. The lowest BCUT2D eigenvalue weighted by atomic mass is 10.0. The smallest absolute Gasteiger partial charge is 0.363 e. The molecule has 0 atom stereocenters. The Kier molecular flexibility index (Phi) is 2.62. The van der Waals surface area contributed by atoms with E-state index in [1.165, 1.54) is 12.3 Å². The van der Waals surface area contributed by atoms with Crippen LogP contribution < -0.4 is 0 Å². The molecule has 0 unspecified atom stereocenters. The fraction of sp³-hybridized carbons (Fsp3) is 0.300. The van der Waals surface area contributed by atoms with Gasteiger partial charge in [0.2, 0.25) is 0 Å². The zero-order valence-corrected chi connectivity index (χ0v) is 8.05. The van der Waals surface area contributed by atoms with Crippen LogP contribution in [0.3, 0.4) is 0 Å². The minimum Gasteiger partial charge on any atom is -0.501 e. The Morgan fingerprint density at radius 1 is 1.47 bits per heavy atom. The average Bonchev–Trinajstić information content (AvgIpc) is 2.30. The molecule has 2 heterocycles. The second-order valence-corrected chi connectivity index (χ2v) is 3.28. The summed E-state index contributed by atoms with van der Waals surface area (Å²) in [7, 11) is 0. The van der Waals surface area contributed by atoms with E-state index in [1.54, 1.807) is 12.3 Å². The van der Waals surface area contributed by atoms with E-state index in [-0.39, 0.29) is 5.82 Å². The van der Waals surface area contributed by atoms with Crippen molar-refractivity contribution in [3.8, 4) is 0 Å². The minimum atomic E-state index is -0.504. The molecule has 2 rings (SSSR count). The molecule has 15 heavy (non-hydrogen) atoms. The predicted molar refractivity (Wildman–Crippen MR) is 54.1 cm³/mol. The van der Waals surface area contributed by atoms with Gasteiger partial charge in [0.1, 0.15) is 6.20 Å². The predicted octanol–water partition coefficient (Wildman–Crippen LogP) is 2.14. The van der Waals surface area contributed by atoms with Crippen molar-refractivity contribution in [3.05, 3.63) is 40.3 Å². The number of ether oxygens (including phenoxy) is 1. The second-order valence-electron chi connectivity index (χ2n) is 3.28. The van der Waals surface area contributed by atoms with E-state index in [2.05, 4.69) is 4.98 Å². The van der Waals surface area contributed by atoms with Crippen molar-refractivity contribution in [2.24, 2.45) is 0 Å². The first-order chi connectivity index (χ1) is 7.27. The van der Waals surface area contributed by atoms with Crippen molar-refractivity contribution in [1.82, 2.24) is 4.98 Å². The van der Waals surface area contributed by atoms with Crippen LogP contribution in [0.15, 0.2) is 24.6 Å². The lowest BCUT2D eigenvalue weighted by molar-refractivity contribution is -0.389. The first kappa shape index (κ1) is 9.64.